The Labute approximate surface area is 130 Å². The van der Waals surface area contributed by atoms with Crippen LogP contribution >= 0.6 is 0 Å². The molecule has 2 rings (SSSR count). The molecule has 1 saturated heterocycles. The molecule has 1 amide bonds. The van der Waals surface area contributed by atoms with E-state index in [1.807, 2.05) is 31.6 Å². The first-order chi connectivity index (χ1) is 10.2. The zero-order chi connectivity index (χ0) is 16.3. The molecule has 0 N–H and O–H groups in total. The molecule has 0 spiro atoms. The SMILES string of the molecule is CC(=O)C=Cc1cnn([C@@H]2CCN(C(=O)OC(C)(C)C)C2)c1. The van der Waals surface area contributed by atoms with Crippen molar-refractivity contribution in [3.8, 4) is 0 Å². The minimum absolute atomic E-state index is 0.00437. The van der Waals surface area contributed by atoms with Gasteiger partial charge >= 0.3 is 6.09 Å². The third kappa shape index (κ3) is 4.44. The van der Waals surface area contributed by atoms with Gasteiger partial charge < -0.3 is 9.64 Å². The highest BCUT2D eigenvalue weighted by Crippen LogP contribution is 2.23. The second kappa shape index (κ2) is 6.34. The molecule has 0 bridgehead atoms. The summed E-state index contributed by atoms with van der Waals surface area (Å²) in [6.45, 7) is 8.35. The number of amides is 1. The molecule has 1 aliphatic heterocycles. The van der Waals surface area contributed by atoms with Gasteiger partial charge in [-0.25, -0.2) is 4.79 Å². The topological polar surface area (TPSA) is 64.4 Å². The number of carbonyl (C=O) groups excluding carboxylic acids is 2. The normalized spacial score (nSPS) is 18.9. The number of ether oxygens (including phenoxy) is 1. The van der Waals surface area contributed by atoms with Gasteiger partial charge in [-0.1, -0.05) is 0 Å². The average molecular weight is 305 g/mol. The van der Waals surface area contributed by atoms with Gasteiger partial charge in [0.25, 0.3) is 0 Å². The van der Waals surface area contributed by atoms with Crippen molar-refractivity contribution in [3.05, 3.63) is 24.0 Å². The quantitative estimate of drug-likeness (QED) is 0.805. The highest BCUT2D eigenvalue weighted by atomic mass is 16.6. The molecule has 0 aromatic carbocycles. The number of aromatic nitrogens is 2. The minimum Gasteiger partial charge on any atom is -0.444 e. The molecule has 1 aliphatic rings. The van der Waals surface area contributed by atoms with Gasteiger partial charge in [-0.15, -0.1) is 0 Å². The Morgan fingerprint density at radius 1 is 1.41 bits per heavy atom. The predicted molar refractivity (Wildman–Crippen MR) is 83.4 cm³/mol. The maximum absolute atomic E-state index is 12.0. The fourth-order valence-corrected chi connectivity index (χ4v) is 2.30. The summed E-state index contributed by atoms with van der Waals surface area (Å²) in [5, 5.41) is 4.32. The van der Waals surface area contributed by atoms with Gasteiger partial charge in [0.05, 0.1) is 12.2 Å². The lowest BCUT2D eigenvalue weighted by atomic mass is 10.2. The van der Waals surface area contributed by atoms with Crippen molar-refractivity contribution in [2.45, 2.75) is 45.8 Å². The van der Waals surface area contributed by atoms with Crippen LogP contribution in [0.5, 0.6) is 0 Å². The van der Waals surface area contributed by atoms with E-state index in [2.05, 4.69) is 5.10 Å². The zero-order valence-electron chi connectivity index (χ0n) is 13.6. The van der Waals surface area contributed by atoms with E-state index in [0.717, 1.165) is 12.0 Å². The van der Waals surface area contributed by atoms with Crippen molar-refractivity contribution in [1.82, 2.24) is 14.7 Å². The summed E-state index contributed by atoms with van der Waals surface area (Å²) in [7, 11) is 0. The lowest BCUT2D eigenvalue weighted by Gasteiger charge is -2.24. The van der Waals surface area contributed by atoms with Gasteiger partial charge in [-0.05, 0) is 46.3 Å². The summed E-state index contributed by atoms with van der Waals surface area (Å²) in [6.07, 6.45) is 7.43. The number of hydrogen-bond donors (Lipinski definition) is 0. The average Bonchev–Trinajstić information content (AvgIpc) is 3.03. The van der Waals surface area contributed by atoms with E-state index >= 15 is 0 Å². The van der Waals surface area contributed by atoms with E-state index < -0.39 is 5.60 Å². The monoisotopic (exact) mass is 305 g/mol. The van der Waals surface area contributed by atoms with E-state index in [1.165, 1.54) is 13.0 Å². The van der Waals surface area contributed by atoms with Crippen LogP contribution in [0.2, 0.25) is 0 Å². The molecular formula is C16H23N3O3. The van der Waals surface area contributed by atoms with Gasteiger partial charge in [0.15, 0.2) is 5.78 Å². The summed E-state index contributed by atoms with van der Waals surface area (Å²) in [5.74, 6) is 0.00437. The molecule has 0 unspecified atom stereocenters. The summed E-state index contributed by atoms with van der Waals surface area (Å²) >= 11 is 0. The van der Waals surface area contributed by atoms with E-state index in [4.69, 9.17) is 4.74 Å². The first kappa shape index (κ1) is 16.3. The number of ketones is 1. The summed E-state index contributed by atoms with van der Waals surface area (Å²) in [4.78, 5) is 24.7. The Hall–Kier alpha value is -2.11. The maximum atomic E-state index is 12.0. The van der Waals surface area contributed by atoms with Gasteiger partial charge in [0.1, 0.15) is 5.60 Å². The van der Waals surface area contributed by atoms with Crippen molar-refractivity contribution in [2.75, 3.05) is 13.1 Å². The van der Waals surface area contributed by atoms with Gasteiger partial charge in [0.2, 0.25) is 0 Å². The van der Waals surface area contributed by atoms with E-state index in [9.17, 15) is 9.59 Å². The van der Waals surface area contributed by atoms with Crippen molar-refractivity contribution in [2.24, 2.45) is 0 Å². The van der Waals surface area contributed by atoms with Crippen LogP contribution in [0.25, 0.3) is 6.08 Å². The number of carbonyl (C=O) groups is 2. The maximum Gasteiger partial charge on any atom is 0.410 e. The molecule has 2 heterocycles. The molecule has 6 nitrogen and oxygen atoms in total. The van der Waals surface area contributed by atoms with Crippen LogP contribution in [0.1, 0.15) is 45.7 Å². The van der Waals surface area contributed by atoms with Crippen LogP contribution < -0.4 is 0 Å². The van der Waals surface area contributed by atoms with Crippen LogP contribution in [0, 0.1) is 0 Å². The number of nitrogens with zero attached hydrogens (tertiary/aromatic N) is 3. The van der Waals surface area contributed by atoms with E-state index in [-0.39, 0.29) is 17.9 Å². The highest BCUT2D eigenvalue weighted by molar-refractivity contribution is 5.91. The van der Waals surface area contributed by atoms with Crippen LogP contribution in [-0.4, -0.2) is 45.2 Å². The van der Waals surface area contributed by atoms with Crippen LogP contribution in [0.3, 0.4) is 0 Å². The fraction of sp³-hybridized carbons (Fsp3) is 0.562. The van der Waals surface area contributed by atoms with Crippen molar-refractivity contribution >= 4 is 18.0 Å². The largest absolute Gasteiger partial charge is 0.444 e. The van der Waals surface area contributed by atoms with Gasteiger partial charge in [0, 0.05) is 24.8 Å². The molecule has 0 radical (unpaired) electrons. The van der Waals surface area contributed by atoms with E-state index in [0.29, 0.717) is 13.1 Å². The Kier molecular flexibility index (Phi) is 4.68. The molecule has 0 saturated carbocycles. The molecule has 0 aliphatic carbocycles. The minimum atomic E-state index is -0.481. The summed E-state index contributed by atoms with van der Waals surface area (Å²) in [5.41, 5.74) is 0.400. The first-order valence-electron chi connectivity index (χ1n) is 7.45. The van der Waals surface area contributed by atoms with E-state index in [1.54, 1.807) is 17.2 Å². The Morgan fingerprint density at radius 2 is 2.14 bits per heavy atom. The number of allylic oxidation sites excluding steroid dienone is 1. The van der Waals surface area contributed by atoms with Gasteiger partial charge in [-0.2, -0.15) is 5.10 Å². The second-order valence-electron chi connectivity index (χ2n) is 6.57. The van der Waals surface area contributed by atoms with Crippen molar-refractivity contribution < 1.29 is 14.3 Å². The molecule has 6 heteroatoms. The van der Waals surface area contributed by atoms with Crippen LogP contribution in [0.15, 0.2) is 18.5 Å². The highest BCUT2D eigenvalue weighted by Gasteiger charge is 2.30. The molecule has 1 atom stereocenters. The Bertz CT molecular complexity index is 584. The molecule has 22 heavy (non-hydrogen) atoms. The fourth-order valence-electron chi connectivity index (χ4n) is 2.30. The predicted octanol–water partition coefficient (Wildman–Crippen LogP) is 2.67. The number of likely N-dealkylation sites (tertiary alicyclic amines) is 1. The van der Waals surface area contributed by atoms with Gasteiger partial charge in [-0.3, -0.25) is 9.48 Å². The number of hydrogen-bond acceptors (Lipinski definition) is 4. The summed E-state index contributed by atoms with van der Waals surface area (Å²) in [6, 6.07) is 0.145. The Balaban J connectivity index is 1.96. The smallest absolute Gasteiger partial charge is 0.410 e. The molecule has 1 fully saturated rings. The standard InChI is InChI=1S/C16H23N3O3/c1-12(20)5-6-13-9-17-19(10-13)14-7-8-18(11-14)15(21)22-16(2,3)4/h5-6,9-10,14H,7-8,11H2,1-4H3/t14-/m1/s1. The van der Waals surface area contributed by atoms with Crippen molar-refractivity contribution in [1.29, 1.82) is 0 Å². The number of rotatable bonds is 3. The second-order valence-corrected chi connectivity index (χ2v) is 6.57. The lowest BCUT2D eigenvalue weighted by molar-refractivity contribution is -0.112. The third-order valence-corrected chi connectivity index (χ3v) is 3.32. The third-order valence-electron chi connectivity index (χ3n) is 3.32. The molecule has 1 aromatic rings. The van der Waals surface area contributed by atoms with Crippen molar-refractivity contribution in [3.63, 3.8) is 0 Å². The zero-order valence-corrected chi connectivity index (χ0v) is 13.6. The molecular weight excluding hydrogens is 282 g/mol. The first-order valence-corrected chi connectivity index (χ1v) is 7.45. The molecule has 1 aromatic heterocycles. The van der Waals surface area contributed by atoms with Crippen LogP contribution in [-0.2, 0) is 9.53 Å². The molecule has 120 valence electrons. The summed E-state index contributed by atoms with van der Waals surface area (Å²) < 4.78 is 7.24. The van der Waals surface area contributed by atoms with Crippen LogP contribution in [0.4, 0.5) is 4.79 Å². The Morgan fingerprint density at radius 3 is 2.77 bits per heavy atom. The lowest BCUT2D eigenvalue weighted by Crippen LogP contribution is -2.35.